The van der Waals surface area contributed by atoms with Gasteiger partial charge in [0.15, 0.2) is 0 Å². The molecule has 1 saturated heterocycles. The summed E-state index contributed by atoms with van der Waals surface area (Å²) >= 11 is 0. The van der Waals surface area contributed by atoms with Crippen LogP contribution in [0.15, 0.2) is 24.4 Å². The van der Waals surface area contributed by atoms with Crippen LogP contribution in [0.5, 0.6) is 5.75 Å². The zero-order valence-corrected chi connectivity index (χ0v) is 22.6. The average Bonchev–Trinajstić information content (AvgIpc) is 3.44. The second-order valence-corrected chi connectivity index (χ2v) is 10.6. The molecule has 5 rings (SSSR count). The van der Waals surface area contributed by atoms with Gasteiger partial charge in [-0.2, -0.15) is 4.98 Å². The SMILES string of the molecule is COC(=O)CC1CCN(c2ccc(Nc3ncc4c(n3)N(C3CCCC3)CC(=O)N(C)C4)c(OC)c2)CC1. The maximum absolute atomic E-state index is 12.7. The topological polar surface area (TPSA) is 100 Å². The van der Waals surface area contributed by atoms with Crippen LogP contribution in [-0.2, 0) is 20.9 Å². The van der Waals surface area contributed by atoms with Gasteiger partial charge in [-0.25, -0.2) is 4.98 Å². The molecule has 1 saturated carbocycles. The molecule has 0 bridgehead atoms. The number of fused-ring (bicyclic) bond motifs is 1. The highest BCUT2D eigenvalue weighted by Gasteiger charge is 2.32. The summed E-state index contributed by atoms with van der Waals surface area (Å²) in [5.74, 6) is 2.38. The van der Waals surface area contributed by atoms with Crippen molar-refractivity contribution >= 4 is 35.0 Å². The van der Waals surface area contributed by atoms with Crippen LogP contribution in [0.3, 0.4) is 0 Å². The Morgan fingerprint density at radius 3 is 2.58 bits per heavy atom. The molecule has 1 aromatic carbocycles. The summed E-state index contributed by atoms with van der Waals surface area (Å²) in [6.07, 6.45) is 8.76. The molecule has 1 aliphatic carbocycles. The molecular weight excluding hydrogens is 484 g/mol. The van der Waals surface area contributed by atoms with Gasteiger partial charge < -0.3 is 29.5 Å². The van der Waals surface area contributed by atoms with Crippen molar-refractivity contribution in [3.05, 3.63) is 30.0 Å². The molecule has 0 unspecified atom stereocenters. The maximum atomic E-state index is 12.7. The number of amides is 1. The summed E-state index contributed by atoms with van der Waals surface area (Å²) in [6.45, 7) is 2.62. The average molecular weight is 523 g/mol. The first-order valence-electron chi connectivity index (χ1n) is 13.6. The Balaban J connectivity index is 1.32. The van der Waals surface area contributed by atoms with Crippen LogP contribution in [0.25, 0.3) is 0 Å². The van der Waals surface area contributed by atoms with E-state index in [0.717, 1.165) is 61.5 Å². The second kappa shape index (κ2) is 11.4. The fraction of sp³-hybridized carbons (Fsp3) is 0.571. The van der Waals surface area contributed by atoms with E-state index < -0.39 is 0 Å². The third-order valence-corrected chi connectivity index (χ3v) is 8.11. The van der Waals surface area contributed by atoms with Crippen molar-refractivity contribution < 1.29 is 19.1 Å². The van der Waals surface area contributed by atoms with E-state index in [1.165, 1.54) is 20.0 Å². The Morgan fingerprint density at radius 2 is 1.87 bits per heavy atom. The number of methoxy groups -OCH3 is 2. The van der Waals surface area contributed by atoms with Gasteiger partial charge in [0.25, 0.3) is 0 Å². The van der Waals surface area contributed by atoms with E-state index in [9.17, 15) is 9.59 Å². The molecule has 1 amide bonds. The van der Waals surface area contributed by atoms with Crippen LogP contribution in [0, 0.1) is 5.92 Å². The second-order valence-electron chi connectivity index (χ2n) is 10.6. The molecule has 2 aromatic rings. The minimum Gasteiger partial charge on any atom is -0.494 e. The number of carbonyl (C=O) groups excluding carboxylic acids is 2. The normalized spacial score (nSPS) is 18.8. The number of aromatic nitrogens is 2. The number of likely N-dealkylation sites (N-methyl/N-ethyl adjacent to an activating group) is 1. The highest BCUT2D eigenvalue weighted by molar-refractivity contribution is 5.83. The number of piperidine rings is 1. The van der Waals surface area contributed by atoms with Crippen molar-refractivity contribution in [1.29, 1.82) is 0 Å². The molecule has 10 heteroatoms. The number of rotatable bonds is 7. The number of hydrogen-bond acceptors (Lipinski definition) is 9. The number of ether oxygens (including phenoxy) is 2. The molecule has 38 heavy (non-hydrogen) atoms. The molecule has 3 aliphatic rings. The quantitative estimate of drug-likeness (QED) is 0.545. The number of benzene rings is 1. The summed E-state index contributed by atoms with van der Waals surface area (Å²) in [4.78, 5) is 40.1. The summed E-state index contributed by atoms with van der Waals surface area (Å²) in [6, 6.07) is 6.44. The molecule has 3 heterocycles. The monoisotopic (exact) mass is 522 g/mol. The van der Waals surface area contributed by atoms with Crippen molar-refractivity contribution in [2.24, 2.45) is 5.92 Å². The number of anilines is 4. The number of nitrogens with one attached hydrogen (secondary N) is 1. The highest BCUT2D eigenvalue weighted by Crippen LogP contribution is 2.35. The van der Waals surface area contributed by atoms with Gasteiger partial charge in [-0.3, -0.25) is 9.59 Å². The fourth-order valence-electron chi connectivity index (χ4n) is 5.84. The van der Waals surface area contributed by atoms with Crippen LogP contribution < -0.4 is 19.9 Å². The Morgan fingerprint density at radius 1 is 1.11 bits per heavy atom. The first-order valence-corrected chi connectivity index (χ1v) is 13.6. The number of nitrogens with zero attached hydrogens (tertiary/aromatic N) is 5. The first kappa shape index (κ1) is 26.1. The minimum atomic E-state index is -0.134. The van der Waals surface area contributed by atoms with E-state index in [2.05, 4.69) is 26.2 Å². The Bertz CT molecular complexity index is 1160. The van der Waals surface area contributed by atoms with Gasteiger partial charge in [-0.1, -0.05) is 12.8 Å². The number of esters is 1. The van der Waals surface area contributed by atoms with Crippen LogP contribution in [0.1, 0.15) is 50.5 Å². The highest BCUT2D eigenvalue weighted by atomic mass is 16.5. The van der Waals surface area contributed by atoms with Crippen molar-refractivity contribution in [2.45, 2.75) is 57.5 Å². The van der Waals surface area contributed by atoms with Gasteiger partial charge in [0.05, 0.1) is 33.0 Å². The largest absolute Gasteiger partial charge is 0.494 e. The lowest BCUT2D eigenvalue weighted by Gasteiger charge is -2.33. The van der Waals surface area contributed by atoms with Crippen molar-refractivity contribution in [2.75, 3.05) is 56.0 Å². The van der Waals surface area contributed by atoms with E-state index in [1.54, 1.807) is 12.0 Å². The van der Waals surface area contributed by atoms with Crippen molar-refractivity contribution in [3.63, 3.8) is 0 Å². The van der Waals surface area contributed by atoms with Crippen LogP contribution in [0.4, 0.5) is 23.1 Å². The first-order chi connectivity index (χ1) is 18.4. The predicted molar refractivity (Wildman–Crippen MR) is 146 cm³/mol. The summed E-state index contributed by atoms with van der Waals surface area (Å²) in [5, 5.41) is 3.35. The van der Waals surface area contributed by atoms with E-state index in [1.807, 2.05) is 25.4 Å². The summed E-state index contributed by atoms with van der Waals surface area (Å²) < 4.78 is 10.6. The van der Waals surface area contributed by atoms with E-state index in [-0.39, 0.29) is 11.9 Å². The lowest BCUT2D eigenvalue weighted by molar-refractivity contribution is -0.141. The summed E-state index contributed by atoms with van der Waals surface area (Å²) in [7, 11) is 4.94. The summed E-state index contributed by atoms with van der Waals surface area (Å²) in [5.41, 5.74) is 2.83. The molecule has 204 valence electrons. The zero-order valence-electron chi connectivity index (χ0n) is 22.6. The molecule has 1 N–H and O–H groups in total. The van der Waals surface area contributed by atoms with Crippen molar-refractivity contribution in [3.8, 4) is 5.75 Å². The molecule has 0 spiro atoms. The van der Waals surface area contributed by atoms with Crippen LogP contribution in [-0.4, -0.2) is 73.7 Å². The predicted octanol–water partition coefficient (Wildman–Crippen LogP) is 3.73. The third-order valence-electron chi connectivity index (χ3n) is 8.11. The molecule has 2 fully saturated rings. The molecule has 0 atom stereocenters. The van der Waals surface area contributed by atoms with Gasteiger partial charge >= 0.3 is 5.97 Å². The molecule has 2 aliphatic heterocycles. The smallest absolute Gasteiger partial charge is 0.305 e. The van der Waals surface area contributed by atoms with Gasteiger partial charge in [-0.05, 0) is 43.7 Å². The lowest BCUT2D eigenvalue weighted by Crippen LogP contribution is -2.40. The Kier molecular flexibility index (Phi) is 7.85. The van der Waals surface area contributed by atoms with Gasteiger partial charge in [0.1, 0.15) is 11.6 Å². The van der Waals surface area contributed by atoms with Crippen molar-refractivity contribution in [1.82, 2.24) is 14.9 Å². The molecule has 1 aromatic heterocycles. The van der Waals surface area contributed by atoms with E-state index >= 15 is 0 Å². The van der Waals surface area contributed by atoms with E-state index in [0.29, 0.717) is 43.2 Å². The zero-order chi connectivity index (χ0) is 26.6. The Labute approximate surface area is 224 Å². The van der Waals surface area contributed by atoms with Gasteiger partial charge in [0.2, 0.25) is 11.9 Å². The number of hydrogen-bond donors (Lipinski definition) is 1. The Hall–Kier alpha value is -3.56. The minimum absolute atomic E-state index is 0.107. The van der Waals surface area contributed by atoms with Gasteiger partial charge in [-0.15, -0.1) is 0 Å². The molecule has 0 radical (unpaired) electrons. The van der Waals surface area contributed by atoms with E-state index in [4.69, 9.17) is 14.5 Å². The standard InChI is InChI=1S/C28H38N6O4/c1-32-17-20-16-29-28(31-27(20)34(18-25(32)35)21-6-4-5-7-21)30-23-9-8-22(15-24(23)37-2)33-12-10-19(11-13-33)14-26(36)38-3/h8-9,15-16,19,21H,4-7,10-14,17-18H2,1-3H3,(H,29,30,31). The third kappa shape index (κ3) is 5.63. The fourth-order valence-corrected chi connectivity index (χ4v) is 5.84. The number of carbonyl (C=O) groups is 2. The van der Waals surface area contributed by atoms with Crippen LogP contribution in [0.2, 0.25) is 0 Å². The maximum Gasteiger partial charge on any atom is 0.305 e. The van der Waals surface area contributed by atoms with Gasteiger partial charge in [0, 0.05) is 56.1 Å². The molecular formula is C28H38N6O4. The molecule has 10 nitrogen and oxygen atoms in total. The van der Waals surface area contributed by atoms with Crippen LogP contribution >= 0.6 is 0 Å². The lowest BCUT2D eigenvalue weighted by atomic mass is 9.93.